The molecule has 0 fully saturated rings. The van der Waals surface area contributed by atoms with Crippen LogP contribution in [0, 0.1) is 6.92 Å². The van der Waals surface area contributed by atoms with Crippen LogP contribution >= 0.6 is 0 Å². The van der Waals surface area contributed by atoms with E-state index in [1.54, 1.807) is 36.4 Å². The Kier molecular flexibility index (Phi) is 5.31. The average Bonchev–Trinajstić information content (AvgIpc) is 2.67. The third-order valence-corrected chi connectivity index (χ3v) is 4.21. The minimum Gasteiger partial charge on any atom is -0.211 e. The van der Waals surface area contributed by atoms with E-state index in [-0.39, 0.29) is 5.92 Å². The van der Waals surface area contributed by atoms with Crippen molar-refractivity contribution in [3.05, 3.63) is 95.1 Å². The molecule has 0 spiro atoms. The quantitative estimate of drug-likeness (QED) is 0.368. The molecule has 0 heterocycles. The first-order chi connectivity index (χ1) is 12.7. The normalized spacial score (nSPS) is 11.1. The molecule has 0 amide bonds. The molecule has 0 N–H and O–H groups in total. The Morgan fingerprint density at radius 2 is 0.962 bits per heavy atom. The van der Waals surface area contributed by atoms with Crippen LogP contribution in [-0.2, 0) is 9.59 Å². The summed E-state index contributed by atoms with van der Waals surface area (Å²) in [5, 5.41) is 0. The molecule has 4 heteroatoms. The second-order valence-corrected chi connectivity index (χ2v) is 5.93. The molecule has 0 saturated carbocycles. The zero-order chi connectivity index (χ0) is 18.4. The van der Waals surface area contributed by atoms with Gasteiger partial charge in [0.1, 0.15) is 0 Å². The van der Waals surface area contributed by atoms with Gasteiger partial charge >= 0.3 is 0 Å². The lowest BCUT2D eigenvalue weighted by Gasteiger charge is -2.19. The third-order valence-electron chi connectivity index (χ3n) is 4.21. The Labute approximate surface area is 151 Å². The van der Waals surface area contributed by atoms with Gasteiger partial charge in [0, 0.05) is 5.92 Å². The second kappa shape index (κ2) is 8.00. The van der Waals surface area contributed by atoms with Crippen molar-refractivity contribution in [2.24, 2.45) is 9.98 Å². The first-order valence-electron chi connectivity index (χ1n) is 8.13. The summed E-state index contributed by atoms with van der Waals surface area (Å²) < 4.78 is 0. The summed E-state index contributed by atoms with van der Waals surface area (Å²) in [6, 6.07) is 23.4. The minimum atomic E-state index is 0.0131. The molecule has 0 aromatic heterocycles. The number of hydrogen-bond donors (Lipinski definition) is 0. The molecule has 3 aromatic carbocycles. The Morgan fingerprint density at radius 1 is 0.615 bits per heavy atom. The molecular weight excluding hydrogens is 324 g/mol. The standard InChI is InChI=1S/C22H16N2O2/c1-16-2-4-17(5-3-16)22(18-6-10-20(11-7-18)23-14-25)19-8-12-21(13-9-19)24-15-26/h2-13,22H,1H3. The van der Waals surface area contributed by atoms with Gasteiger partial charge in [-0.2, -0.15) is 9.98 Å². The van der Waals surface area contributed by atoms with Gasteiger partial charge in [0.25, 0.3) is 0 Å². The Hall–Kier alpha value is -3.58. The highest BCUT2D eigenvalue weighted by Crippen LogP contribution is 2.33. The van der Waals surface area contributed by atoms with Crippen LogP contribution in [0.25, 0.3) is 0 Å². The molecule has 0 bridgehead atoms. The molecule has 0 aliphatic heterocycles. The van der Waals surface area contributed by atoms with Crippen LogP contribution in [0.15, 0.2) is 82.8 Å². The highest BCUT2D eigenvalue weighted by Gasteiger charge is 2.16. The highest BCUT2D eigenvalue weighted by atomic mass is 16.1. The van der Waals surface area contributed by atoms with Gasteiger partial charge in [0.2, 0.25) is 12.2 Å². The molecule has 0 aliphatic rings. The van der Waals surface area contributed by atoms with Crippen molar-refractivity contribution < 1.29 is 9.59 Å². The summed E-state index contributed by atoms with van der Waals surface area (Å²) in [5.41, 5.74) is 5.63. The number of nitrogens with zero attached hydrogens (tertiary/aromatic N) is 2. The fourth-order valence-electron chi connectivity index (χ4n) is 2.92. The zero-order valence-corrected chi connectivity index (χ0v) is 14.2. The molecule has 126 valence electrons. The van der Waals surface area contributed by atoms with E-state index < -0.39 is 0 Å². The van der Waals surface area contributed by atoms with Crippen LogP contribution in [0.4, 0.5) is 11.4 Å². The van der Waals surface area contributed by atoms with Crippen molar-refractivity contribution >= 4 is 23.5 Å². The maximum Gasteiger partial charge on any atom is 0.240 e. The molecule has 0 saturated heterocycles. The van der Waals surface area contributed by atoms with E-state index in [0.29, 0.717) is 11.4 Å². The summed E-state index contributed by atoms with van der Waals surface area (Å²) in [7, 11) is 0. The maximum atomic E-state index is 10.4. The van der Waals surface area contributed by atoms with E-state index in [4.69, 9.17) is 0 Å². The molecule has 26 heavy (non-hydrogen) atoms. The van der Waals surface area contributed by atoms with Crippen LogP contribution in [0.1, 0.15) is 28.2 Å². The van der Waals surface area contributed by atoms with E-state index in [1.165, 1.54) is 5.56 Å². The van der Waals surface area contributed by atoms with Crippen molar-refractivity contribution in [1.82, 2.24) is 0 Å². The first-order valence-corrected chi connectivity index (χ1v) is 8.13. The predicted octanol–water partition coefficient (Wildman–Crippen LogP) is 5.11. The fraction of sp³-hybridized carbons (Fsp3) is 0.0909. The Morgan fingerprint density at radius 3 is 1.31 bits per heavy atom. The van der Waals surface area contributed by atoms with Gasteiger partial charge in [-0.1, -0.05) is 54.1 Å². The van der Waals surface area contributed by atoms with Gasteiger partial charge in [-0.3, -0.25) is 0 Å². The summed E-state index contributed by atoms with van der Waals surface area (Å²) in [5.74, 6) is 0.0131. The molecule has 4 nitrogen and oxygen atoms in total. The average molecular weight is 340 g/mol. The molecule has 0 aliphatic carbocycles. The molecule has 3 rings (SSSR count). The number of rotatable bonds is 5. The summed E-state index contributed by atoms with van der Waals surface area (Å²) in [4.78, 5) is 28.1. The monoisotopic (exact) mass is 340 g/mol. The Balaban J connectivity index is 2.07. The number of isocyanates is 2. The SMILES string of the molecule is Cc1ccc(C(c2ccc(N=C=O)cc2)c2ccc(N=C=O)cc2)cc1. The lowest BCUT2D eigenvalue weighted by Crippen LogP contribution is -2.03. The van der Waals surface area contributed by atoms with E-state index in [1.807, 2.05) is 24.3 Å². The molecule has 0 atom stereocenters. The van der Waals surface area contributed by atoms with Crippen LogP contribution in [0.3, 0.4) is 0 Å². The number of aliphatic imine (C=N–C) groups is 2. The van der Waals surface area contributed by atoms with Crippen molar-refractivity contribution in [1.29, 1.82) is 0 Å². The number of benzene rings is 3. The number of hydrogen-bond acceptors (Lipinski definition) is 4. The van der Waals surface area contributed by atoms with Gasteiger partial charge in [0.05, 0.1) is 11.4 Å². The predicted molar refractivity (Wildman–Crippen MR) is 101 cm³/mol. The van der Waals surface area contributed by atoms with Crippen molar-refractivity contribution in [2.45, 2.75) is 12.8 Å². The number of carbonyl (C=O) groups excluding carboxylic acids is 2. The summed E-state index contributed by atoms with van der Waals surface area (Å²) in [6.07, 6.45) is 3.11. The van der Waals surface area contributed by atoms with Crippen LogP contribution in [0.2, 0.25) is 0 Å². The molecule has 0 radical (unpaired) electrons. The molecule has 0 unspecified atom stereocenters. The van der Waals surface area contributed by atoms with Gasteiger partial charge in [-0.05, 0) is 47.9 Å². The highest BCUT2D eigenvalue weighted by molar-refractivity contribution is 5.54. The topological polar surface area (TPSA) is 58.9 Å². The van der Waals surface area contributed by atoms with Gasteiger partial charge < -0.3 is 0 Å². The lowest BCUT2D eigenvalue weighted by atomic mass is 9.85. The van der Waals surface area contributed by atoms with Gasteiger partial charge in [-0.25, -0.2) is 9.59 Å². The molecule has 3 aromatic rings. The van der Waals surface area contributed by atoms with Gasteiger partial charge in [-0.15, -0.1) is 0 Å². The second-order valence-electron chi connectivity index (χ2n) is 5.93. The van der Waals surface area contributed by atoms with E-state index in [0.717, 1.165) is 16.7 Å². The maximum absolute atomic E-state index is 10.4. The van der Waals surface area contributed by atoms with E-state index in [2.05, 4.69) is 41.2 Å². The number of aryl methyl sites for hydroxylation is 1. The first kappa shape index (κ1) is 17.2. The fourth-order valence-corrected chi connectivity index (χ4v) is 2.92. The summed E-state index contributed by atoms with van der Waals surface area (Å²) >= 11 is 0. The molecular formula is C22H16N2O2. The minimum absolute atomic E-state index is 0.0131. The van der Waals surface area contributed by atoms with Crippen molar-refractivity contribution in [3.63, 3.8) is 0 Å². The summed E-state index contributed by atoms with van der Waals surface area (Å²) in [6.45, 7) is 2.05. The van der Waals surface area contributed by atoms with E-state index in [9.17, 15) is 9.59 Å². The van der Waals surface area contributed by atoms with Crippen LogP contribution < -0.4 is 0 Å². The van der Waals surface area contributed by atoms with Crippen LogP contribution in [0.5, 0.6) is 0 Å². The van der Waals surface area contributed by atoms with Crippen molar-refractivity contribution in [2.75, 3.05) is 0 Å². The Bertz CT molecular complexity index is 916. The van der Waals surface area contributed by atoms with E-state index >= 15 is 0 Å². The largest absolute Gasteiger partial charge is 0.240 e. The zero-order valence-electron chi connectivity index (χ0n) is 14.2. The smallest absolute Gasteiger partial charge is 0.211 e. The van der Waals surface area contributed by atoms with Crippen molar-refractivity contribution in [3.8, 4) is 0 Å². The van der Waals surface area contributed by atoms with Gasteiger partial charge in [0.15, 0.2) is 0 Å². The van der Waals surface area contributed by atoms with Crippen LogP contribution in [-0.4, -0.2) is 12.2 Å². The lowest BCUT2D eigenvalue weighted by molar-refractivity contribution is 0.564. The third kappa shape index (κ3) is 3.90.